The van der Waals surface area contributed by atoms with Gasteiger partial charge in [0.05, 0.1) is 0 Å². The molecule has 0 spiro atoms. The fraction of sp³-hybridized carbons (Fsp3) is 1.00. The zero-order chi connectivity index (χ0) is 7.49. The Kier molecular flexibility index (Phi) is 3.07. The zero-order valence-corrected chi connectivity index (χ0v) is 5.54. The van der Waals surface area contributed by atoms with Crippen molar-refractivity contribution in [1.82, 2.24) is 0 Å². The van der Waals surface area contributed by atoms with Crippen molar-refractivity contribution in [3.63, 3.8) is 0 Å². The largest absolute Gasteiger partial charge is 0.368 e. The maximum Gasteiger partial charge on any atom is 0.159 e. The molecular formula is C5H14N2O2. The molecule has 0 saturated carbocycles. The highest BCUT2D eigenvalue weighted by atomic mass is 16.5. The number of aliphatic hydroxyl groups excluding tert-OH is 1. The predicted molar refractivity (Wildman–Crippen MR) is 34.4 cm³/mol. The normalized spacial score (nSPS) is 12.7. The average Bonchev–Trinajstić information content (AvgIpc) is 1.86. The fourth-order valence-electron chi connectivity index (χ4n) is 0.294. The molecule has 0 unspecified atom stereocenters. The third-order valence-corrected chi connectivity index (χ3v) is 1.56. The molecule has 0 rings (SSSR count). The summed E-state index contributed by atoms with van der Waals surface area (Å²) >= 11 is 0. The summed E-state index contributed by atoms with van der Waals surface area (Å²) in [5, 5.41) is 17.3. The Bertz CT molecular complexity index is 81.0. The van der Waals surface area contributed by atoms with Crippen molar-refractivity contribution in [3.8, 4) is 0 Å². The van der Waals surface area contributed by atoms with Crippen LogP contribution in [0.5, 0.6) is 0 Å². The van der Waals surface area contributed by atoms with E-state index in [1.54, 1.807) is 6.92 Å². The van der Waals surface area contributed by atoms with Crippen molar-refractivity contribution in [2.45, 2.75) is 13.2 Å². The van der Waals surface area contributed by atoms with Gasteiger partial charge in [0.1, 0.15) is 0 Å². The van der Waals surface area contributed by atoms with E-state index in [0.29, 0.717) is 0 Å². The standard InChI is InChI=1S/C5H14N2O2/c1-5(2-6,3-7)4(8)9/h4,8-9H,2-3,6-7H2,1H3. The van der Waals surface area contributed by atoms with Crippen molar-refractivity contribution in [1.29, 1.82) is 0 Å². The van der Waals surface area contributed by atoms with Gasteiger partial charge in [-0.3, -0.25) is 0 Å². The molecule has 6 N–H and O–H groups in total. The van der Waals surface area contributed by atoms with Gasteiger partial charge in [0.2, 0.25) is 0 Å². The molecule has 0 amide bonds. The molecule has 4 nitrogen and oxygen atoms in total. The molecular weight excluding hydrogens is 120 g/mol. The highest BCUT2D eigenvalue weighted by molar-refractivity contribution is 4.77. The summed E-state index contributed by atoms with van der Waals surface area (Å²) < 4.78 is 0. The Morgan fingerprint density at radius 1 is 1.33 bits per heavy atom. The van der Waals surface area contributed by atoms with Crippen LogP contribution >= 0.6 is 0 Å². The molecule has 0 atom stereocenters. The van der Waals surface area contributed by atoms with Crippen LogP contribution in [0.15, 0.2) is 0 Å². The van der Waals surface area contributed by atoms with Crippen LogP contribution in [0.1, 0.15) is 6.92 Å². The first-order valence-electron chi connectivity index (χ1n) is 2.83. The second kappa shape index (κ2) is 3.12. The highest BCUT2D eigenvalue weighted by Crippen LogP contribution is 2.15. The zero-order valence-electron chi connectivity index (χ0n) is 5.54. The molecule has 0 aromatic rings. The van der Waals surface area contributed by atoms with Crippen LogP contribution in [0.3, 0.4) is 0 Å². The average molecular weight is 134 g/mol. The lowest BCUT2D eigenvalue weighted by atomic mass is 9.90. The number of rotatable bonds is 3. The predicted octanol–water partition coefficient (Wildman–Crippen LogP) is -1.78. The van der Waals surface area contributed by atoms with Gasteiger partial charge in [-0.15, -0.1) is 0 Å². The van der Waals surface area contributed by atoms with Crippen molar-refractivity contribution in [2.75, 3.05) is 13.1 Å². The Morgan fingerprint density at radius 2 is 1.67 bits per heavy atom. The lowest BCUT2D eigenvalue weighted by Crippen LogP contribution is -2.44. The molecule has 0 saturated heterocycles. The van der Waals surface area contributed by atoms with Crippen molar-refractivity contribution >= 4 is 0 Å². The molecule has 0 aromatic carbocycles. The van der Waals surface area contributed by atoms with Gasteiger partial charge in [0.15, 0.2) is 6.29 Å². The molecule has 9 heavy (non-hydrogen) atoms. The Hall–Kier alpha value is -0.160. The SMILES string of the molecule is CC(CN)(CN)C(O)O. The molecule has 0 heterocycles. The Balaban J connectivity index is 3.92. The number of aliphatic hydroxyl groups is 2. The maximum absolute atomic E-state index is 8.67. The van der Waals surface area contributed by atoms with Crippen LogP contribution < -0.4 is 11.5 Å². The van der Waals surface area contributed by atoms with Gasteiger partial charge in [-0.1, -0.05) is 6.92 Å². The maximum atomic E-state index is 8.67. The first-order valence-corrected chi connectivity index (χ1v) is 2.83. The summed E-state index contributed by atoms with van der Waals surface area (Å²) in [7, 11) is 0. The van der Waals surface area contributed by atoms with Crippen LogP contribution in [0.2, 0.25) is 0 Å². The first-order chi connectivity index (χ1) is 4.06. The van der Waals surface area contributed by atoms with Gasteiger partial charge < -0.3 is 21.7 Å². The molecule has 0 bridgehead atoms. The minimum atomic E-state index is -1.42. The molecule has 56 valence electrons. The smallest absolute Gasteiger partial charge is 0.159 e. The molecule has 0 fully saturated rings. The van der Waals surface area contributed by atoms with E-state index in [9.17, 15) is 0 Å². The minimum absolute atomic E-state index is 0.182. The highest BCUT2D eigenvalue weighted by Gasteiger charge is 2.28. The van der Waals surface area contributed by atoms with Gasteiger partial charge in [0.25, 0.3) is 0 Å². The van der Waals surface area contributed by atoms with Gasteiger partial charge in [0, 0.05) is 18.5 Å². The molecule has 0 aliphatic heterocycles. The quantitative estimate of drug-likeness (QED) is 0.343. The minimum Gasteiger partial charge on any atom is -0.368 e. The fourth-order valence-corrected chi connectivity index (χ4v) is 0.294. The van der Waals surface area contributed by atoms with Gasteiger partial charge >= 0.3 is 0 Å². The van der Waals surface area contributed by atoms with Crippen LogP contribution in [0, 0.1) is 5.41 Å². The summed E-state index contributed by atoms with van der Waals surface area (Å²) in [6, 6.07) is 0. The number of nitrogens with two attached hydrogens (primary N) is 2. The summed E-state index contributed by atoms with van der Waals surface area (Å²) in [6.45, 7) is 1.99. The summed E-state index contributed by atoms with van der Waals surface area (Å²) in [6.07, 6.45) is -1.42. The van der Waals surface area contributed by atoms with E-state index in [1.165, 1.54) is 0 Å². The van der Waals surface area contributed by atoms with Crippen molar-refractivity contribution in [2.24, 2.45) is 16.9 Å². The van der Waals surface area contributed by atoms with E-state index in [2.05, 4.69) is 0 Å². The van der Waals surface area contributed by atoms with E-state index in [1.807, 2.05) is 0 Å². The summed E-state index contributed by atoms with van der Waals surface area (Å²) in [5.74, 6) is 0. The van der Waals surface area contributed by atoms with Gasteiger partial charge in [-0.25, -0.2) is 0 Å². The van der Waals surface area contributed by atoms with Crippen LogP contribution in [0.25, 0.3) is 0 Å². The molecule has 4 heteroatoms. The van der Waals surface area contributed by atoms with E-state index in [0.717, 1.165) is 0 Å². The summed E-state index contributed by atoms with van der Waals surface area (Å²) in [4.78, 5) is 0. The lowest BCUT2D eigenvalue weighted by Gasteiger charge is -2.27. The van der Waals surface area contributed by atoms with E-state index < -0.39 is 11.7 Å². The van der Waals surface area contributed by atoms with Crippen molar-refractivity contribution < 1.29 is 10.2 Å². The monoisotopic (exact) mass is 134 g/mol. The number of hydrogen-bond donors (Lipinski definition) is 4. The summed E-state index contributed by atoms with van der Waals surface area (Å²) in [5.41, 5.74) is 9.69. The Morgan fingerprint density at radius 3 is 1.67 bits per heavy atom. The topological polar surface area (TPSA) is 92.5 Å². The van der Waals surface area contributed by atoms with E-state index >= 15 is 0 Å². The molecule has 0 aliphatic rings. The van der Waals surface area contributed by atoms with E-state index in [4.69, 9.17) is 21.7 Å². The molecule has 0 aromatic heterocycles. The van der Waals surface area contributed by atoms with Crippen molar-refractivity contribution in [3.05, 3.63) is 0 Å². The second-order valence-electron chi connectivity index (χ2n) is 2.44. The van der Waals surface area contributed by atoms with Crippen LogP contribution in [-0.2, 0) is 0 Å². The first kappa shape index (κ1) is 8.84. The molecule has 0 radical (unpaired) electrons. The number of hydrogen-bond acceptors (Lipinski definition) is 4. The van der Waals surface area contributed by atoms with Crippen LogP contribution in [-0.4, -0.2) is 29.6 Å². The van der Waals surface area contributed by atoms with Gasteiger partial charge in [-0.2, -0.15) is 0 Å². The van der Waals surface area contributed by atoms with Gasteiger partial charge in [-0.05, 0) is 0 Å². The molecule has 0 aliphatic carbocycles. The van der Waals surface area contributed by atoms with E-state index in [-0.39, 0.29) is 13.1 Å². The second-order valence-corrected chi connectivity index (χ2v) is 2.44. The lowest BCUT2D eigenvalue weighted by molar-refractivity contribution is -0.120. The Labute approximate surface area is 54.5 Å². The third kappa shape index (κ3) is 1.91. The third-order valence-electron chi connectivity index (χ3n) is 1.56. The van der Waals surface area contributed by atoms with Crippen LogP contribution in [0.4, 0.5) is 0 Å².